The van der Waals surface area contributed by atoms with Gasteiger partial charge in [0.2, 0.25) is 0 Å². The second-order valence-electron chi connectivity index (χ2n) is 7.14. The number of nitrogens with one attached hydrogen (secondary N) is 2. The molecule has 0 aliphatic carbocycles. The van der Waals surface area contributed by atoms with Gasteiger partial charge in [0.05, 0.1) is 6.04 Å². The monoisotopic (exact) mass is 436 g/mol. The molecule has 2 amide bonds. The zero-order valence-electron chi connectivity index (χ0n) is 15.5. The van der Waals surface area contributed by atoms with E-state index in [2.05, 4.69) is 26.6 Å². The summed E-state index contributed by atoms with van der Waals surface area (Å²) in [7, 11) is -0.979. The Morgan fingerprint density at radius 3 is 2.50 bits per heavy atom. The van der Waals surface area contributed by atoms with E-state index in [1.54, 1.807) is 0 Å². The molecule has 0 saturated carbocycles. The van der Waals surface area contributed by atoms with Gasteiger partial charge < -0.3 is 10.6 Å². The number of anilines is 1. The van der Waals surface area contributed by atoms with Gasteiger partial charge in [-0.25, -0.2) is 4.79 Å². The number of carbonyl (C=O) groups excluding carboxylic acids is 1. The summed E-state index contributed by atoms with van der Waals surface area (Å²) in [5.41, 5.74) is 2.64. The van der Waals surface area contributed by atoms with Crippen molar-refractivity contribution in [3.8, 4) is 0 Å². The smallest absolute Gasteiger partial charge is 0.319 e. The van der Waals surface area contributed by atoms with Gasteiger partial charge in [0.25, 0.3) is 0 Å². The highest BCUT2D eigenvalue weighted by Gasteiger charge is 2.19. The molecular weight excluding hydrogens is 412 g/mol. The summed E-state index contributed by atoms with van der Waals surface area (Å²) in [6.45, 7) is 7.81. The van der Waals surface area contributed by atoms with Gasteiger partial charge in [0, 0.05) is 31.5 Å². The molecule has 2 atom stereocenters. The molecular formula is C20H25BrN2O2S. The number of benzene rings is 2. The summed E-state index contributed by atoms with van der Waals surface area (Å²) < 4.78 is 13.0. The highest BCUT2D eigenvalue weighted by Crippen LogP contribution is 2.23. The number of hydrogen-bond donors (Lipinski definition) is 2. The molecule has 0 aliphatic rings. The average molecular weight is 437 g/mol. The van der Waals surface area contributed by atoms with Gasteiger partial charge in [-0.1, -0.05) is 46.3 Å². The lowest BCUT2D eigenvalue weighted by atomic mass is 10.1. The topological polar surface area (TPSA) is 58.2 Å². The van der Waals surface area contributed by atoms with Crippen LogP contribution in [0.15, 0.2) is 53.0 Å². The zero-order chi connectivity index (χ0) is 19.3. The van der Waals surface area contributed by atoms with Crippen LogP contribution in [-0.4, -0.2) is 15.0 Å². The average Bonchev–Trinajstić information content (AvgIpc) is 2.54. The maximum atomic E-state index is 12.3. The van der Waals surface area contributed by atoms with Crippen molar-refractivity contribution >= 4 is 38.4 Å². The molecule has 2 rings (SSSR count). The van der Waals surface area contributed by atoms with Crippen molar-refractivity contribution < 1.29 is 9.00 Å². The first-order chi connectivity index (χ1) is 12.2. The first-order valence-electron chi connectivity index (χ1n) is 8.46. The molecule has 2 unspecified atom stereocenters. The number of amides is 2. The molecule has 0 aromatic heterocycles. The van der Waals surface area contributed by atoms with Crippen molar-refractivity contribution in [2.75, 3.05) is 5.32 Å². The maximum Gasteiger partial charge on any atom is 0.319 e. The van der Waals surface area contributed by atoms with E-state index in [9.17, 15) is 9.00 Å². The van der Waals surface area contributed by atoms with Crippen LogP contribution in [0.2, 0.25) is 0 Å². The van der Waals surface area contributed by atoms with E-state index in [4.69, 9.17) is 0 Å². The maximum absolute atomic E-state index is 12.3. The van der Waals surface area contributed by atoms with Gasteiger partial charge in [0.1, 0.15) is 0 Å². The molecule has 0 radical (unpaired) electrons. The van der Waals surface area contributed by atoms with Crippen molar-refractivity contribution in [3.63, 3.8) is 0 Å². The molecule has 26 heavy (non-hydrogen) atoms. The summed E-state index contributed by atoms with van der Waals surface area (Å²) >= 11 is 3.50. The summed E-state index contributed by atoms with van der Waals surface area (Å²) in [5, 5.41) is 5.78. The zero-order valence-corrected chi connectivity index (χ0v) is 17.9. The first kappa shape index (κ1) is 20.6. The van der Waals surface area contributed by atoms with E-state index in [-0.39, 0.29) is 16.8 Å². The predicted octanol–water partition coefficient (Wildman–Crippen LogP) is 5.38. The Kier molecular flexibility index (Phi) is 7.01. The fourth-order valence-corrected chi connectivity index (χ4v) is 3.92. The fourth-order valence-electron chi connectivity index (χ4n) is 2.37. The van der Waals surface area contributed by atoms with Crippen LogP contribution in [0.5, 0.6) is 0 Å². The van der Waals surface area contributed by atoms with E-state index < -0.39 is 10.8 Å². The largest absolute Gasteiger partial charge is 0.331 e. The highest BCUT2D eigenvalue weighted by molar-refractivity contribution is 9.10. The van der Waals surface area contributed by atoms with E-state index in [0.717, 1.165) is 15.6 Å². The Bertz CT molecular complexity index is 802. The minimum Gasteiger partial charge on any atom is -0.331 e. The Morgan fingerprint density at radius 2 is 1.85 bits per heavy atom. The van der Waals surface area contributed by atoms with Crippen molar-refractivity contribution in [1.82, 2.24) is 5.32 Å². The highest BCUT2D eigenvalue weighted by atomic mass is 79.9. The molecule has 4 nitrogen and oxygen atoms in total. The Balaban J connectivity index is 2.00. The van der Waals surface area contributed by atoms with Crippen LogP contribution in [0.3, 0.4) is 0 Å². The van der Waals surface area contributed by atoms with Crippen LogP contribution in [0.4, 0.5) is 10.5 Å². The lowest BCUT2D eigenvalue weighted by Crippen LogP contribution is -2.31. The molecule has 0 bridgehead atoms. The molecule has 0 fully saturated rings. The normalized spacial score (nSPS) is 13.7. The van der Waals surface area contributed by atoms with E-state index in [1.807, 2.05) is 76.2 Å². The third-order valence-electron chi connectivity index (χ3n) is 3.88. The Hall–Kier alpha value is -1.66. The van der Waals surface area contributed by atoms with Gasteiger partial charge in [-0.15, -0.1) is 0 Å². The molecule has 0 heterocycles. The van der Waals surface area contributed by atoms with Gasteiger partial charge in [-0.2, -0.15) is 0 Å². The third kappa shape index (κ3) is 5.95. The predicted molar refractivity (Wildman–Crippen MR) is 113 cm³/mol. The quantitative estimate of drug-likeness (QED) is 0.660. The molecule has 0 spiro atoms. The van der Waals surface area contributed by atoms with Crippen LogP contribution in [0, 0.1) is 0 Å². The SMILES string of the molecule is CC(NC(=O)Nc1cccc(CS(=O)C(C)(C)C)c1)c1ccccc1Br. The van der Waals surface area contributed by atoms with Gasteiger partial charge in [0.15, 0.2) is 0 Å². The number of hydrogen-bond acceptors (Lipinski definition) is 2. The van der Waals surface area contributed by atoms with Crippen LogP contribution in [0.25, 0.3) is 0 Å². The number of urea groups is 1. The molecule has 0 aliphatic heterocycles. The van der Waals surface area contributed by atoms with E-state index >= 15 is 0 Å². The molecule has 0 saturated heterocycles. The van der Waals surface area contributed by atoms with Crippen molar-refractivity contribution in [3.05, 3.63) is 64.1 Å². The second kappa shape index (κ2) is 8.82. The molecule has 6 heteroatoms. The minimum atomic E-state index is -0.979. The van der Waals surface area contributed by atoms with Crippen LogP contribution < -0.4 is 10.6 Å². The van der Waals surface area contributed by atoms with Crippen molar-refractivity contribution in [2.24, 2.45) is 0 Å². The first-order valence-corrected chi connectivity index (χ1v) is 10.6. The van der Waals surface area contributed by atoms with Gasteiger partial charge in [-0.05, 0) is 57.0 Å². The summed E-state index contributed by atoms with van der Waals surface area (Å²) in [5.74, 6) is 0.466. The number of rotatable bonds is 5. The standard InChI is InChI=1S/C20H25BrN2O2S/c1-14(17-10-5-6-11-18(17)21)22-19(24)23-16-9-7-8-15(12-16)13-26(25)20(2,3)4/h5-12,14H,13H2,1-4H3,(H2,22,23,24). The van der Waals surface area contributed by atoms with E-state index in [0.29, 0.717) is 11.4 Å². The molecule has 2 N–H and O–H groups in total. The molecule has 2 aromatic carbocycles. The number of carbonyl (C=O) groups is 1. The van der Waals surface area contributed by atoms with Crippen LogP contribution >= 0.6 is 15.9 Å². The van der Waals surface area contributed by atoms with Crippen LogP contribution in [0.1, 0.15) is 44.9 Å². The Labute approximate surface area is 166 Å². The second-order valence-corrected chi connectivity index (χ2v) is 10.2. The minimum absolute atomic E-state index is 0.137. The summed E-state index contributed by atoms with van der Waals surface area (Å²) in [4.78, 5) is 12.3. The summed E-state index contributed by atoms with van der Waals surface area (Å²) in [6, 6.07) is 14.9. The van der Waals surface area contributed by atoms with Crippen LogP contribution in [-0.2, 0) is 16.6 Å². The molecule has 140 valence electrons. The lowest BCUT2D eigenvalue weighted by Gasteiger charge is -2.18. The summed E-state index contributed by atoms with van der Waals surface area (Å²) in [6.07, 6.45) is 0. The van der Waals surface area contributed by atoms with Crippen molar-refractivity contribution in [2.45, 2.75) is 44.2 Å². The fraction of sp³-hybridized carbons (Fsp3) is 0.350. The lowest BCUT2D eigenvalue weighted by molar-refractivity contribution is 0.249. The van der Waals surface area contributed by atoms with Gasteiger partial charge >= 0.3 is 6.03 Å². The number of halogens is 1. The van der Waals surface area contributed by atoms with Gasteiger partial charge in [-0.3, -0.25) is 4.21 Å². The third-order valence-corrected chi connectivity index (χ3v) is 6.57. The van der Waals surface area contributed by atoms with E-state index in [1.165, 1.54) is 0 Å². The molecule has 2 aromatic rings. The Morgan fingerprint density at radius 1 is 1.15 bits per heavy atom. The van der Waals surface area contributed by atoms with Crippen molar-refractivity contribution in [1.29, 1.82) is 0 Å².